The predicted molar refractivity (Wildman–Crippen MR) is 109 cm³/mol. The largest absolute Gasteiger partial charge is 0.441 e. The molecular weight excluding hydrogens is 398 g/mol. The maximum absolute atomic E-state index is 12.3. The summed E-state index contributed by atoms with van der Waals surface area (Å²) in [5, 5.41) is 20.1. The second kappa shape index (κ2) is 8.18. The molecule has 5 rings (SSSR count). The number of ether oxygens (including phenoxy) is 3. The number of hydrogen-bond acceptors (Lipinski definition) is 7. The Balaban J connectivity index is 1.22. The van der Waals surface area contributed by atoms with E-state index in [-0.39, 0.29) is 24.9 Å². The number of nitrogens with zero attached hydrogens (tertiary/aromatic N) is 4. The molecule has 0 radical (unpaired) electrons. The number of benzene rings is 2. The van der Waals surface area contributed by atoms with Gasteiger partial charge in [0.25, 0.3) is 0 Å². The zero-order valence-electron chi connectivity index (χ0n) is 16.4. The third-order valence-corrected chi connectivity index (χ3v) is 5.40. The zero-order valence-corrected chi connectivity index (χ0v) is 16.4. The summed E-state index contributed by atoms with van der Waals surface area (Å²) >= 11 is 0. The topological polar surface area (TPSA) is 111 Å². The predicted octanol–water partition coefficient (Wildman–Crippen LogP) is 2.77. The second-order valence-corrected chi connectivity index (χ2v) is 7.37. The van der Waals surface area contributed by atoms with Crippen LogP contribution in [-0.4, -0.2) is 52.6 Å². The van der Waals surface area contributed by atoms with Crippen LogP contribution in [0.2, 0.25) is 0 Å². The van der Waals surface area contributed by atoms with E-state index >= 15 is 0 Å². The highest BCUT2D eigenvalue weighted by molar-refractivity contribution is 5.85. The van der Waals surface area contributed by atoms with Gasteiger partial charge in [0, 0.05) is 11.3 Å². The molecule has 2 aromatic carbocycles. The summed E-state index contributed by atoms with van der Waals surface area (Å²) in [6, 6.07) is 18.3. The lowest BCUT2D eigenvalue weighted by molar-refractivity contribution is 0.00771. The van der Waals surface area contributed by atoms with Crippen LogP contribution in [0, 0.1) is 11.3 Å². The molecule has 2 aliphatic heterocycles. The Morgan fingerprint density at radius 3 is 2.81 bits per heavy atom. The third kappa shape index (κ3) is 3.86. The summed E-state index contributed by atoms with van der Waals surface area (Å²) in [6.07, 6.45) is 0.0448. The van der Waals surface area contributed by atoms with Crippen molar-refractivity contribution in [1.82, 2.24) is 15.0 Å². The minimum Gasteiger partial charge on any atom is -0.441 e. The van der Waals surface area contributed by atoms with Crippen molar-refractivity contribution in [1.29, 1.82) is 5.26 Å². The van der Waals surface area contributed by atoms with Crippen molar-refractivity contribution in [3.63, 3.8) is 0 Å². The Hall–Kier alpha value is -3.74. The van der Waals surface area contributed by atoms with Gasteiger partial charge in [-0.3, -0.25) is 5.32 Å². The molecule has 2 aliphatic rings. The van der Waals surface area contributed by atoms with Crippen molar-refractivity contribution in [2.45, 2.75) is 24.4 Å². The van der Waals surface area contributed by atoms with Crippen LogP contribution in [0.5, 0.6) is 0 Å². The van der Waals surface area contributed by atoms with Crippen LogP contribution < -0.4 is 5.32 Å². The fourth-order valence-electron chi connectivity index (χ4n) is 3.90. The second-order valence-electron chi connectivity index (χ2n) is 7.37. The van der Waals surface area contributed by atoms with Gasteiger partial charge in [-0.05, 0) is 18.2 Å². The van der Waals surface area contributed by atoms with Gasteiger partial charge in [-0.15, -0.1) is 5.10 Å². The zero-order chi connectivity index (χ0) is 21.2. The monoisotopic (exact) mass is 417 g/mol. The summed E-state index contributed by atoms with van der Waals surface area (Å²) in [7, 11) is 0. The van der Waals surface area contributed by atoms with Crippen molar-refractivity contribution in [2.75, 3.05) is 18.5 Å². The average Bonchev–Trinajstić information content (AvgIpc) is 3.52. The van der Waals surface area contributed by atoms with Gasteiger partial charge in [0.2, 0.25) is 0 Å². The number of carbonyl (C=O) groups excluding carboxylic acids is 1. The van der Waals surface area contributed by atoms with Crippen LogP contribution in [0.4, 0.5) is 10.5 Å². The summed E-state index contributed by atoms with van der Waals surface area (Å²) in [5.41, 5.74) is 2.69. The Kier molecular flexibility index (Phi) is 5.08. The van der Waals surface area contributed by atoms with E-state index in [4.69, 9.17) is 19.5 Å². The Morgan fingerprint density at radius 2 is 1.97 bits per heavy atom. The molecule has 1 amide bonds. The lowest BCUT2D eigenvalue weighted by atomic mass is 10.1. The number of aromatic nitrogens is 3. The van der Waals surface area contributed by atoms with Gasteiger partial charge in [0.05, 0.1) is 31.0 Å². The molecule has 4 atom stereocenters. The standard InChI is InChI=1S/C22H19N5O4/c23-10-14-5-4-8-16(9-14)24-22(28)31-19-13-30-20-18(12-29-21(19)20)27-11-17(25-26-27)15-6-2-1-3-7-15/h1-9,11,18-21H,12-13H2,(H,24,28)/t18-,19-,20-,21+/m1/s1. The highest BCUT2D eigenvalue weighted by atomic mass is 16.6. The molecule has 0 bridgehead atoms. The number of hydrogen-bond donors (Lipinski definition) is 1. The molecule has 1 aromatic heterocycles. The minimum atomic E-state index is -0.622. The molecule has 2 fully saturated rings. The van der Waals surface area contributed by atoms with Gasteiger partial charge in [-0.2, -0.15) is 5.26 Å². The van der Waals surface area contributed by atoms with Crippen molar-refractivity contribution >= 4 is 11.8 Å². The van der Waals surface area contributed by atoms with Crippen molar-refractivity contribution in [3.05, 3.63) is 66.4 Å². The molecule has 2 saturated heterocycles. The number of fused-ring (bicyclic) bond motifs is 1. The van der Waals surface area contributed by atoms with E-state index in [0.717, 1.165) is 11.3 Å². The molecule has 0 unspecified atom stereocenters. The maximum Gasteiger partial charge on any atom is 0.412 e. The Bertz CT molecular complexity index is 1130. The molecule has 0 aliphatic carbocycles. The Morgan fingerprint density at radius 1 is 1.13 bits per heavy atom. The molecule has 9 heteroatoms. The number of anilines is 1. The maximum atomic E-state index is 12.3. The van der Waals surface area contributed by atoms with E-state index in [0.29, 0.717) is 17.9 Å². The first kappa shape index (κ1) is 19.2. The third-order valence-electron chi connectivity index (χ3n) is 5.40. The fraction of sp³-hybridized carbons (Fsp3) is 0.273. The quantitative estimate of drug-likeness (QED) is 0.695. The number of carbonyl (C=O) groups is 1. The van der Waals surface area contributed by atoms with Crippen molar-refractivity contribution in [2.24, 2.45) is 0 Å². The van der Waals surface area contributed by atoms with Crippen LogP contribution in [0.25, 0.3) is 11.3 Å². The smallest absolute Gasteiger partial charge is 0.412 e. The lowest BCUT2D eigenvalue weighted by Gasteiger charge is -2.17. The normalized spacial score (nSPS) is 24.4. The van der Waals surface area contributed by atoms with Crippen molar-refractivity contribution in [3.8, 4) is 17.3 Å². The summed E-state index contributed by atoms with van der Waals surface area (Å²) < 4.78 is 19.1. The number of nitriles is 1. The van der Waals surface area contributed by atoms with Gasteiger partial charge < -0.3 is 14.2 Å². The van der Waals surface area contributed by atoms with E-state index in [9.17, 15) is 4.79 Å². The summed E-state index contributed by atoms with van der Waals surface area (Å²) in [4.78, 5) is 12.3. The van der Waals surface area contributed by atoms with Crippen LogP contribution in [0.15, 0.2) is 60.8 Å². The summed E-state index contributed by atoms with van der Waals surface area (Å²) in [6.45, 7) is 0.621. The van der Waals surface area contributed by atoms with Gasteiger partial charge in [0.1, 0.15) is 23.9 Å². The first-order valence-electron chi connectivity index (χ1n) is 9.89. The highest BCUT2D eigenvalue weighted by Crippen LogP contribution is 2.35. The highest BCUT2D eigenvalue weighted by Gasteiger charge is 2.50. The van der Waals surface area contributed by atoms with E-state index in [1.165, 1.54) is 0 Å². The van der Waals surface area contributed by atoms with Gasteiger partial charge >= 0.3 is 6.09 Å². The van der Waals surface area contributed by atoms with E-state index < -0.39 is 12.2 Å². The Labute approximate surface area is 178 Å². The number of amides is 1. The van der Waals surface area contributed by atoms with Crippen LogP contribution >= 0.6 is 0 Å². The van der Waals surface area contributed by atoms with E-state index in [1.807, 2.05) is 42.6 Å². The van der Waals surface area contributed by atoms with E-state index in [1.54, 1.807) is 28.9 Å². The van der Waals surface area contributed by atoms with Gasteiger partial charge in [-0.1, -0.05) is 41.6 Å². The lowest BCUT2D eigenvalue weighted by Crippen LogP contribution is -2.34. The SMILES string of the molecule is N#Cc1cccc(NC(=O)O[C@@H]2CO[C@H]3[C@H]2OC[C@H]3n2cc(-c3ccccc3)nn2)c1. The number of rotatable bonds is 4. The van der Waals surface area contributed by atoms with Crippen molar-refractivity contribution < 1.29 is 19.0 Å². The van der Waals surface area contributed by atoms with Crippen LogP contribution in [0.1, 0.15) is 11.6 Å². The first-order valence-corrected chi connectivity index (χ1v) is 9.89. The van der Waals surface area contributed by atoms with Gasteiger partial charge in [-0.25, -0.2) is 9.48 Å². The molecule has 0 spiro atoms. The van der Waals surface area contributed by atoms with Gasteiger partial charge in [0.15, 0.2) is 6.10 Å². The molecule has 31 heavy (non-hydrogen) atoms. The fourth-order valence-corrected chi connectivity index (χ4v) is 3.90. The number of nitrogens with one attached hydrogen (secondary N) is 1. The molecule has 9 nitrogen and oxygen atoms in total. The first-order chi connectivity index (χ1) is 15.2. The minimum absolute atomic E-state index is 0.154. The summed E-state index contributed by atoms with van der Waals surface area (Å²) in [5.74, 6) is 0. The molecule has 1 N–H and O–H groups in total. The average molecular weight is 417 g/mol. The van der Waals surface area contributed by atoms with Crippen LogP contribution in [-0.2, 0) is 14.2 Å². The van der Waals surface area contributed by atoms with E-state index in [2.05, 4.69) is 15.6 Å². The molecular formula is C22H19N5O4. The molecule has 156 valence electrons. The molecule has 0 saturated carbocycles. The molecule has 3 aromatic rings. The van der Waals surface area contributed by atoms with Crippen LogP contribution in [0.3, 0.4) is 0 Å². The molecule has 3 heterocycles.